The van der Waals surface area contributed by atoms with Gasteiger partial charge in [0, 0.05) is 18.4 Å². The van der Waals surface area contributed by atoms with Crippen LogP contribution >= 0.6 is 7.60 Å². The largest absolute Gasteiger partial charge is 0.388 e. The molecule has 0 unspecified atom stereocenters. The van der Waals surface area contributed by atoms with Crippen LogP contribution in [0.1, 0.15) is 12.6 Å². The molecule has 110 valence electrons. The van der Waals surface area contributed by atoms with Gasteiger partial charge in [0.1, 0.15) is 11.9 Å². The van der Waals surface area contributed by atoms with Gasteiger partial charge in [0.15, 0.2) is 6.23 Å². The summed E-state index contributed by atoms with van der Waals surface area (Å²) in [5.74, 6) is 0.758. The van der Waals surface area contributed by atoms with E-state index < -0.39 is 31.7 Å². The van der Waals surface area contributed by atoms with Crippen LogP contribution < -0.4 is 11.4 Å². The zero-order chi connectivity index (χ0) is 14.9. The summed E-state index contributed by atoms with van der Waals surface area (Å²) >= 11 is 0. The highest BCUT2D eigenvalue weighted by molar-refractivity contribution is 7.55. The summed E-state index contributed by atoms with van der Waals surface area (Å²) < 4.78 is 17.2. The summed E-state index contributed by atoms with van der Waals surface area (Å²) in [4.78, 5) is 32.6. The highest BCUT2D eigenvalue weighted by Gasteiger charge is 2.34. The van der Waals surface area contributed by atoms with E-state index in [0.29, 0.717) is 5.82 Å². The number of rotatable bonds is 3. The second-order valence-corrected chi connectivity index (χ2v) is 5.82. The molecule has 1 aromatic heterocycles. The van der Waals surface area contributed by atoms with Crippen molar-refractivity contribution >= 4 is 13.4 Å². The van der Waals surface area contributed by atoms with Gasteiger partial charge < -0.3 is 25.4 Å². The highest BCUT2D eigenvalue weighted by atomic mass is 31.2. The van der Waals surface area contributed by atoms with Crippen LogP contribution in [0.4, 0.5) is 5.82 Å². The number of nitrogen functional groups attached to an aromatic ring is 1. The summed E-state index contributed by atoms with van der Waals surface area (Å²) in [5.41, 5.74) is 4.69. The van der Waals surface area contributed by atoms with E-state index in [1.54, 1.807) is 0 Å². The lowest BCUT2D eigenvalue weighted by molar-refractivity contribution is -0.0279. The molecular weight excluding hydrogens is 289 g/mol. The Hall–Kier alpha value is -1.51. The normalized spacial score (nSPS) is 27.2. The second-order valence-electron chi connectivity index (χ2n) is 4.34. The fraction of sp³-hybridized carbons (Fsp3) is 0.400. The Bertz CT molecular complexity index is 624. The van der Waals surface area contributed by atoms with Gasteiger partial charge in [-0.1, -0.05) is 0 Å². The smallest absolute Gasteiger partial charge is 0.351 e. The van der Waals surface area contributed by atoms with Crippen LogP contribution in [0.5, 0.6) is 0 Å². The third kappa shape index (κ3) is 3.53. The molecule has 1 fully saturated rings. The van der Waals surface area contributed by atoms with Crippen molar-refractivity contribution in [3.63, 3.8) is 0 Å². The zero-order valence-electron chi connectivity index (χ0n) is 10.2. The summed E-state index contributed by atoms with van der Waals surface area (Å²) in [6, 6.07) is 1.39. The van der Waals surface area contributed by atoms with Gasteiger partial charge in [-0.25, -0.2) is 4.79 Å². The molecule has 0 radical (unpaired) electrons. The van der Waals surface area contributed by atoms with Gasteiger partial charge in [0.2, 0.25) is 0 Å². The number of anilines is 1. The summed E-state index contributed by atoms with van der Waals surface area (Å²) in [6.45, 7) is 0. The van der Waals surface area contributed by atoms with Gasteiger partial charge >= 0.3 is 13.3 Å². The van der Waals surface area contributed by atoms with E-state index in [1.165, 1.54) is 18.3 Å². The van der Waals surface area contributed by atoms with Crippen LogP contribution in [0, 0.1) is 0 Å². The Morgan fingerprint density at radius 3 is 2.85 bits per heavy atom. The van der Waals surface area contributed by atoms with Crippen molar-refractivity contribution in [1.82, 2.24) is 9.55 Å². The Morgan fingerprint density at radius 1 is 1.55 bits per heavy atom. The average Bonchev–Trinajstić information content (AvgIpc) is 2.67. The maximum Gasteiger partial charge on any atom is 0.351 e. The maximum absolute atomic E-state index is 11.6. The van der Waals surface area contributed by atoms with Crippen molar-refractivity contribution < 1.29 is 24.2 Å². The number of hydrogen-bond donors (Lipinski definition) is 4. The minimum atomic E-state index is -4.29. The van der Waals surface area contributed by atoms with E-state index in [-0.39, 0.29) is 12.2 Å². The summed E-state index contributed by atoms with van der Waals surface area (Å²) in [6.07, 6.45) is -0.0515. The van der Waals surface area contributed by atoms with Crippen molar-refractivity contribution in [2.45, 2.75) is 24.9 Å². The number of aromatic nitrogens is 2. The van der Waals surface area contributed by atoms with Crippen LogP contribution in [0.3, 0.4) is 0 Å². The first-order valence-corrected chi connectivity index (χ1v) is 7.37. The molecule has 0 aromatic carbocycles. The second kappa shape index (κ2) is 5.47. The lowest BCUT2D eigenvalue weighted by Gasteiger charge is -2.16. The van der Waals surface area contributed by atoms with E-state index in [4.69, 9.17) is 20.3 Å². The molecular formula is C10H14N3O6P. The molecule has 0 aliphatic carbocycles. The zero-order valence-corrected chi connectivity index (χ0v) is 11.1. The molecule has 1 aromatic rings. The molecule has 1 saturated heterocycles. The maximum atomic E-state index is 11.6. The molecule has 1 aliphatic rings. The predicted molar refractivity (Wildman–Crippen MR) is 68.6 cm³/mol. The summed E-state index contributed by atoms with van der Waals surface area (Å²) in [7, 11) is -4.29. The van der Waals surface area contributed by atoms with E-state index in [0.717, 1.165) is 4.57 Å². The molecule has 9 nitrogen and oxygen atoms in total. The Balaban J connectivity index is 2.17. The standard InChI is InChI=1S/C10H14N3O6P/c11-8-1-3-13(10(15)12-8)9-7(14)5-6(19-9)2-4-20(16,17)18/h1-4,6-7,9,14H,5H2,(H2,11,12,15)(H2,16,17,18)/b4-2+/t6-,7-,9-/m1/s1. The average molecular weight is 303 g/mol. The first-order chi connectivity index (χ1) is 9.26. The number of aliphatic hydroxyl groups is 1. The van der Waals surface area contributed by atoms with Crippen molar-refractivity contribution in [1.29, 1.82) is 0 Å². The predicted octanol–water partition coefficient (Wildman–Crippen LogP) is -0.835. The molecule has 0 bridgehead atoms. The van der Waals surface area contributed by atoms with Crippen LogP contribution in [-0.2, 0) is 9.30 Å². The van der Waals surface area contributed by atoms with Crippen LogP contribution in [-0.4, -0.2) is 36.7 Å². The minimum absolute atomic E-state index is 0.0525. The fourth-order valence-electron chi connectivity index (χ4n) is 1.88. The monoisotopic (exact) mass is 303 g/mol. The van der Waals surface area contributed by atoms with Crippen molar-refractivity contribution in [2.75, 3.05) is 5.73 Å². The van der Waals surface area contributed by atoms with E-state index in [9.17, 15) is 14.5 Å². The SMILES string of the molecule is Nc1ccn([C@@H]2O[C@H](/C=C/P(=O)(O)O)C[C@H]2O)c(=O)n1. The molecule has 20 heavy (non-hydrogen) atoms. The first kappa shape index (κ1) is 14.9. The fourth-order valence-corrected chi connectivity index (χ4v) is 2.30. The van der Waals surface area contributed by atoms with Crippen LogP contribution in [0.2, 0.25) is 0 Å². The van der Waals surface area contributed by atoms with Gasteiger partial charge in [-0.05, 0) is 12.1 Å². The lowest BCUT2D eigenvalue weighted by atomic mass is 10.2. The number of aliphatic hydroxyl groups excluding tert-OH is 1. The molecule has 10 heteroatoms. The Kier molecular flexibility index (Phi) is 4.07. The van der Waals surface area contributed by atoms with Crippen LogP contribution in [0.15, 0.2) is 29.0 Å². The van der Waals surface area contributed by atoms with Gasteiger partial charge in [0.05, 0.1) is 6.10 Å². The van der Waals surface area contributed by atoms with Crippen molar-refractivity contribution in [2.24, 2.45) is 0 Å². The molecule has 2 heterocycles. The van der Waals surface area contributed by atoms with Crippen molar-refractivity contribution in [3.8, 4) is 0 Å². The molecule has 0 saturated carbocycles. The topological polar surface area (TPSA) is 148 Å². The van der Waals surface area contributed by atoms with Crippen molar-refractivity contribution in [3.05, 3.63) is 34.6 Å². The Labute approximate surface area is 113 Å². The van der Waals surface area contributed by atoms with E-state index in [1.807, 2.05) is 0 Å². The third-order valence-electron chi connectivity index (χ3n) is 2.74. The number of hydrogen-bond acceptors (Lipinski definition) is 6. The van der Waals surface area contributed by atoms with Gasteiger partial charge in [0.25, 0.3) is 0 Å². The molecule has 3 atom stereocenters. The van der Waals surface area contributed by atoms with Gasteiger partial charge in [-0.15, -0.1) is 0 Å². The van der Waals surface area contributed by atoms with E-state index >= 15 is 0 Å². The molecule has 1 aliphatic heterocycles. The minimum Gasteiger partial charge on any atom is -0.388 e. The van der Waals surface area contributed by atoms with Gasteiger partial charge in [-0.3, -0.25) is 9.13 Å². The summed E-state index contributed by atoms with van der Waals surface area (Å²) in [5, 5.41) is 9.86. The first-order valence-electron chi connectivity index (χ1n) is 5.69. The van der Waals surface area contributed by atoms with E-state index in [2.05, 4.69) is 4.98 Å². The lowest BCUT2D eigenvalue weighted by Crippen LogP contribution is -2.31. The number of nitrogens with zero attached hydrogens (tertiary/aromatic N) is 2. The third-order valence-corrected chi connectivity index (χ3v) is 3.30. The number of nitrogens with two attached hydrogens (primary N) is 1. The molecule has 0 spiro atoms. The molecule has 2 rings (SSSR count). The quantitative estimate of drug-likeness (QED) is 0.528. The Morgan fingerprint density at radius 2 is 2.25 bits per heavy atom. The number of ether oxygens (including phenoxy) is 1. The molecule has 0 amide bonds. The highest BCUT2D eigenvalue weighted by Crippen LogP contribution is 2.38. The van der Waals surface area contributed by atoms with Crippen LogP contribution in [0.25, 0.3) is 0 Å². The van der Waals surface area contributed by atoms with Gasteiger partial charge in [-0.2, -0.15) is 4.98 Å². The molecule has 5 N–H and O–H groups in total.